The number of nitrogens with zero attached hydrogens (tertiary/aromatic N) is 4. The highest BCUT2D eigenvalue weighted by atomic mass is 16.3. The molecule has 6 aromatic carbocycles. The summed E-state index contributed by atoms with van der Waals surface area (Å²) in [6.07, 6.45) is 0. The monoisotopic (exact) mass is 538 g/mol. The summed E-state index contributed by atoms with van der Waals surface area (Å²) < 4.78 is 13.1. The maximum Gasteiger partial charge on any atom is 0.220 e. The van der Waals surface area contributed by atoms with Crippen molar-refractivity contribution in [2.45, 2.75) is 0 Å². The summed E-state index contributed by atoms with van der Waals surface area (Å²) in [4.78, 5) is 5.15. The topological polar surface area (TPSA) is 40.3 Å². The molecule has 0 fully saturated rings. The average molecular weight is 539 g/mol. The SMILES string of the molecule is c1ccc2c(c1)nc1n(-c3ccc4oc5ccccc5c4c3)c3cc(-n4c5ccccc5c5ccccc54)ccc3n21. The van der Waals surface area contributed by atoms with Crippen LogP contribution in [0, 0.1) is 0 Å². The lowest BCUT2D eigenvalue weighted by Crippen LogP contribution is -1.97. The molecule has 5 nitrogen and oxygen atoms in total. The number of imidazole rings is 2. The molecule has 10 aromatic rings. The van der Waals surface area contributed by atoms with Crippen LogP contribution < -0.4 is 0 Å². The van der Waals surface area contributed by atoms with Gasteiger partial charge in [0.05, 0.1) is 38.8 Å². The predicted molar refractivity (Wildman–Crippen MR) is 171 cm³/mol. The first-order chi connectivity index (χ1) is 20.8. The van der Waals surface area contributed by atoms with Crippen LogP contribution in [0.1, 0.15) is 0 Å². The Labute approximate surface area is 239 Å². The molecule has 0 amide bonds. The van der Waals surface area contributed by atoms with Gasteiger partial charge in [-0.05, 0) is 66.7 Å². The first kappa shape index (κ1) is 21.9. The molecule has 0 aliphatic rings. The van der Waals surface area contributed by atoms with E-state index in [1.807, 2.05) is 18.2 Å². The van der Waals surface area contributed by atoms with Gasteiger partial charge in [-0.15, -0.1) is 0 Å². The lowest BCUT2D eigenvalue weighted by Gasteiger charge is -2.10. The first-order valence-electron chi connectivity index (χ1n) is 14.2. The minimum atomic E-state index is 0.881. The minimum Gasteiger partial charge on any atom is -0.456 e. The van der Waals surface area contributed by atoms with Crippen molar-refractivity contribution in [1.82, 2.24) is 18.5 Å². The van der Waals surface area contributed by atoms with Crippen molar-refractivity contribution in [3.05, 3.63) is 133 Å². The maximum absolute atomic E-state index is 6.16. The van der Waals surface area contributed by atoms with Gasteiger partial charge in [0.2, 0.25) is 5.78 Å². The van der Waals surface area contributed by atoms with Gasteiger partial charge in [0, 0.05) is 27.2 Å². The molecule has 0 saturated carbocycles. The Hall–Kier alpha value is -5.81. The van der Waals surface area contributed by atoms with Gasteiger partial charge in [0.1, 0.15) is 11.2 Å². The Balaban J connectivity index is 1.34. The highest BCUT2D eigenvalue weighted by Crippen LogP contribution is 2.37. The van der Waals surface area contributed by atoms with E-state index in [4.69, 9.17) is 9.40 Å². The van der Waals surface area contributed by atoms with E-state index < -0.39 is 0 Å². The maximum atomic E-state index is 6.16. The van der Waals surface area contributed by atoms with Gasteiger partial charge in [0.15, 0.2) is 0 Å². The number of hydrogen-bond acceptors (Lipinski definition) is 2. The Morgan fingerprint density at radius 1 is 0.429 bits per heavy atom. The van der Waals surface area contributed by atoms with Crippen molar-refractivity contribution >= 4 is 71.6 Å². The Bertz CT molecular complexity index is 2650. The number of fused-ring (bicyclic) bond motifs is 11. The van der Waals surface area contributed by atoms with Crippen molar-refractivity contribution in [1.29, 1.82) is 0 Å². The molecule has 196 valence electrons. The largest absolute Gasteiger partial charge is 0.456 e. The zero-order valence-electron chi connectivity index (χ0n) is 22.4. The van der Waals surface area contributed by atoms with E-state index in [-0.39, 0.29) is 0 Å². The second-order valence-electron chi connectivity index (χ2n) is 10.9. The fourth-order valence-electron chi connectivity index (χ4n) is 6.84. The van der Waals surface area contributed by atoms with Crippen molar-refractivity contribution in [2.75, 3.05) is 0 Å². The number of rotatable bonds is 2. The van der Waals surface area contributed by atoms with Crippen LogP contribution in [0.3, 0.4) is 0 Å². The van der Waals surface area contributed by atoms with Crippen LogP contribution in [0.2, 0.25) is 0 Å². The molecular formula is C37H22N4O. The number of para-hydroxylation sites is 5. The van der Waals surface area contributed by atoms with Gasteiger partial charge in [-0.1, -0.05) is 66.7 Å². The molecule has 0 N–H and O–H groups in total. The van der Waals surface area contributed by atoms with E-state index in [0.717, 1.165) is 61.2 Å². The van der Waals surface area contributed by atoms with E-state index in [2.05, 4.69) is 129 Å². The van der Waals surface area contributed by atoms with Crippen LogP contribution >= 0.6 is 0 Å². The van der Waals surface area contributed by atoms with Crippen LogP contribution in [0.25, 0.3) is 83.0 Å². The molecule has 4 aromatic heterocycles. The van der Waals surface area contributed by atoms with Crippen molar-refractivity contribution in [2.24, 2.45) is 0 Å². The zero-order chi connectivity index (χ0) is 27.4. The van der Waals surface area contributed by atoms with Gasteiger partial charge in [-0.2, -0.15) is 0 Å². The van der Waals surface area contributed by atoms with E-state index >= 15 is 0 Å². The van der Waals surface area contributed by atoms with Crippen molar-refractivity contribution in [3.63, 3.8) is 0 Å². The van der Waals surface area contributed by atoms with E-state index in [0.29, 0.717) is 0 Å². The average Bonchev–Trinajstić information content (AvgIpc) is 3.77. The molecule has 0 saturated heterocycles. The van der Waals surface area contributed by atoms with Crippen LogP contribution in [0.5, 0.6) is 0 Å². The molecule has 0 bridgehead atoms. The summed E-state index contributed by atoms with van der Waals surface area (Å²) in [5, 5.41) is 4.71. The molecule has 42 heavy (non-hydrogen) atoms. The molecule has 0 spiro atoms. The first-order valence-corrected chi connectivity index (χ1v) is 14.2. The highest BCUT2D eigenvalue weighted by Gasteiger charge is 2.20. The lowest BCUT2D eigenvalue weighted by atomic mass is 10.1. The summed E-state index contributed by atoms with van der Waals surface area (Å²) in [6, 6.07) is 47.1. The smallest absolute Gasteiger partial charge is 0.220 e. The van der Waals surface area contributed by atoms with Crippen LogP contribution in [0.15, 0.2) is 138 Å². The number of hydrogen-bond donors (Lipinski definition) is 0. The van der Waals surface area contributed by atoms with E-state index in [1.165, 1.54) is 21.8 Å². The molecular weight excluding hydrogens is 516 g/mol. The molecule has 0 unspecified atom stereocenters. The standard InChI is InChI=1S/C37H22N4O/c1-5-13-30-25(9-1)26-10-2-6-14-31(26)39(30)24-17-19-33-34(22-24)40(37-38-29-12-4-7-15-32(29)41(33)37)23-18-20-36-28(21-23)27-11-3-8-16-35(27)42-36/h1-22H. The highest BCUT2D eigenvalue weighted by molar-refractivity contribution is 6.10. The fraction of sp³-hybridized carbons (Fsp3) is 0. The molecule has 4 heterocycles. The third kappa shape index (κ3) is 2.79. The quantitative estimate of drug-likeness (QED) is 0.220. The third-order valence-electron chi connectivity index (χ3n) is 8.64. The van der Waals surface area contributed by atoms with Crippen LogP contribution in [0.4, 0.5) is 0 Å². The summed E-state index contributed by atoms with van der Waals surface area (Å²) in [5.41, 5.74) is 10.6. The summed E-state index contributed by atoms with van der Waals surface area (Å²) >= 11 is 0. The van der Waals surface area contributed by atoms with E-state index in [9.17, 15) is 0 Å². The van der Waals surface area contributed by atoms with Gasteiger partial charge >= 0.3 is 0 Å². The van der Waals surface area contributed by atoms with Gasteiger partial charge < -0.3 is 8.98 Å². The number of furan rings is 1. The van der Waals surface area contributed by atoms with Crippen LogP contribution in [-0.2, 0) is 0 Å². The molecule has 0 aliphatic heterocycles. The Morgan fingerprint density at radius 3 is 1.86 bits per heavy atom. The van der Waals surface area contributed by atoms with Gasteiger partial charge in [0.25, 0.3) is 0 Å². The lowest BCUT2D eigenvalue weighted by molar-refractivity contribution is 0.669. The minimum absolute atomic E-state index is 0.881. The number of benzene rings is 6. The molecule has 0 radical (unpaired) electrons. The molecule has 0 aliphatic carbocycles. The van der Waals surface area contributed by atoms with Gasteiger partial charge in [-0.3, -0.25) is 8.97 Å². The summed E-state index contributed by atoms with van der Waals surface area (Å²) in [6.45, 7) is 0. The van der Waals surface area contributed by atoms with Crippen LogP contribution in [-0.4, -0.2) is 18.5 Å². The number of aromatic nitrogens is 4. The normalized spacial score (nSPS) is 12.3. The van der Waals surface area contributed by atoms with Crippen molar-refractivity contribution < 1.29 is 4.42 Å². The van der Waals surface area contributed by atoms with E-state index in [1.54, 1.807) is 0 Å². The second kappa shape index (κ2) is 7.89. The summed E-state index contributed by atoms with van der Waals surface area (Å²) in [5.74, 6) is 0.887. The van der Waals surface area contributed by atoms with Crippen molar-refractivity contribution in [3.8, 4) is 11.4 Å². The van der Waals surface area contributed by atoms with Gasteiger partial charge in [-0.25, -0.2) is 4.98 Å². The predicted octanol–water partition coefficient (Wildman–Crippen LogP) is 9.43. The summed E-state index contributed by atoms with van der Waals surface area (Å²) in [7, 11) is 0. The third-order valence-corrected chi connectivity index (χ3v) is 8.64. The zero-order valence-corrected chi connectivity index (χ0v) is 22.4. The fourth-order valence-corrected chi connectivity index (χ4v) is 6.84. The Kier molecular flexibility index (Phi) is 4.12. The second-order valence-corrected chi connectivity index (χ2v) is 10.9. The molecule has 5 heteroatoms. The Morgan fingerprint density at radius 2 is 1.05 bits per heavy atom. The molecule has 0 atom stereocenters. The molecule has 10 rings (SSSR count).